The first kappa shape index (κ1) is 15.8. The second-order valence-electron chi connectivity index (χ2n) is 7.16. The van der Waals surface area contributed by atoms with Crippen LogP contribution in [0.4, 0.5) is 0 Å². The molecule has 0 radical (unpaired) electrons. The molecule has 3 aliphatic rings. The Morgan fingerprint density at radius 3 is 2.88 bits per heavy atom. The Morgan fingerprint density at radius 2 is 2.04 bits per heavy atom. The number of nitrogens with zero attached hydrogens (tertiary/aromatic N) is 3. The minimum absolute atomic E-state index is 0.0384. The summed E-state index contributed by atoms with van der Waals surface area (Å²) in [4.78, 5) is 27.3. The summed E-state index contributed by atoms with van der Waals surface area (Å²) in [5.74, 6) is 0.183. The molecular weight excluding hydrogens is 306 g/mol. The molecule has 6 nitrogen and oxygen atoms in total. The standard InChI is InChI=1S/C18H25N3O3/c22-17-7-2-1-6-14(17)16-12-24-10-9-20(16)18(23)15-11-13-5-3-4-8-21(13)19-15/h11,14,16H,1-10,12H2/t14-,16-/m0/s1. The van der Waals surface area contributed by atoms with Crippen LogP contribution in [-0.2, 0) is 22.5 Å². The van der Waals surface area contributed by atoms with Crippen molar-refractivity contribution in [2.75, 3.05) is 19.8 Å². The molecule has 0 spiro atoms. The Kier molecular flexibility index (Phi) is 4.39. The number of carbonyl (C=O) groups is 2. The first-order valence-corrected chi connectivity index (χ1v) is 9.22. The number of morpholine rings is 1. The van der Waals surface area contributed by atoms with E-state index in [-0.39, 0.29) is 17.9 Å². The topological polar surface area (TPSA) is 64.4 Å². The summed E-state index contributed by atoms with van der Waals surface area (Å²) in [5, 5.41) is 4.52. The second kappa shape index (κ2) is 6.67. The average molecular weight is 331 g/mol. The molecule has 0 N–H and O–H groups in total. The number of carbonyl (C=O) groups excluding carboxylic acids is 2. The van der Waals surface area contributed by atoms with Crippen molar-refractivity contribution in [1.82, 2.24) is 14.7 Å². The highest BCUT2D eigenvalue weighted by Crippen LogP contribution is 2.29. The van der Waals surface area contributed by atoms with Gasteiger partial charge in [-0.1, -0.05) is 6.42 Å². The number of hydrogen-bond donors (Lipinski definition) is 0. The molecule has 1 saturated carbocycles. The van der Waals surface area contributed by atoms with E-state index in [1.165, 1.54) is 0 Å². The molecule has 4 rings (SSSR count). The summed E-state index contributed by atoms with van der Waals surface area (Å²) in [7, 11) is 0. The zero-order valence-electron chi connectivity index (χ0n) is 14.1. The van der Waals surface area contributed by atoms with Crippen molar-refractivity contribution in [2.24, 2.45) is 5.92 Å². The van der Waals surface area contributed by atoms with Gasteiger partial charge in [-0.15, -0.1) is 0 Å². The van der Waals surface area contributed by atoms with Gasteiger partial charge in [-0.05, 0) is 38.2 Å². The molecule has 0 aromatic carbocycles. The van der Waals surface area contributed by atoms with Crippen LogP contribution in [0.3, 0.4) is 0 Å². The molecule has 1 amide bonds. The van der Waals surface area contributed by atoms with Crippen molar-refractivity contribution < 1.29 is 14.3 Å². The van der Waals surface area contributed by atoms with Gasteiger partial charge < -0.3 is 9.64 Å². The summed E-state index contributed by atoms with van der Waals surface area (Å²) >= 11 is 0. The van der Waals surface area contributed by atoms with Crippen LogP contribution in [0.5, 0.6) is 0 Å². The maximum absolute atomic E-state index is 13.1. The fraction of sp³-hybridized carbons (Fsp3) is 0.722. The van der Waals surface area contributed by atoms with E-state index in [1.54, 1.807) is 0 Å². The van der Waals surface area contributed by atoms with E-state index >= 15 is 0 Å². The molecule has 0 bridgehead atoms. The monoisotopic (exact) mass is 331 g/mol. The minimum Gasteiger partial charge on any atom is -0.377 e. The quantitative estimate of drug-likeness (QED) is 0.829. The number of Topliss-reactive ketones (excluding diaryl/α,β-unsaturated/α-hetero) is 1. The van der Waals surface area contributed by atoms with Gasteiger partial charge in [0.1, 0.15) is 5.78 Å². The first-order chi connectivity index (χ1) is 11.7. The number of rotatable bonds is 2. The van der Waals surface area contributed by atoms with E-state index in [2.05, 4.69) is 5.10 Å². The molecule has 130 valence electrons. The van der Waals surface area contributed by atoms with E-state index in [4.69, 9.17) is 4.74 Å². The normalized spacial score (nSPS) is 27.8. The summed E-state index contributed by atoms with van der Waals surface area (Å²) in [5.41, 5.74) is 1.69. The predicted octanol–water partition coefficient (Wildman–Crippen LogP) is 1.82. The highest BCUT2D eigenvalue weighted by atomic mass is 16.5. The zero-order valence-corrected chi connectivity index (χ0v) is 14.1. The van der Waals surface area contributed by atoms with Crippen molar-refractivity contribution in [1.29, 1.82) is 0 Å². The van der Waals surface area contributed by atoms with Crippen molar-refractivity contribution in [3.8, 4) is 0 Å². The van der Waals surface area contributed by atoms with Crippen LogP contribution in [0, 0.1) is 5.92 Å². The van der Waals surface area contributed by atoms with Gasteiger partial charge >= 0.3 is 0 Å². The van der Waals surface area contributed by atoms with Crippen LogP contribution >= 0.6 is 0 Å². The fourth-order valence-corrected chi connectivity index (χ4v) is 4.29. The number of fused-ring (bicyclic) bond motifs is 1. The van der Waals surface area contributed by atoms with Crippen molar-refractivity contribution >= 4 is 11.7 Å². The lowest BCUT2D eigenvalue weighted by molar-refractivity contribution is -0.129. The lowest BCUT2D eigenvalue weighted by Crippen LogP contribution is -2.54. The fourth-order valence-electron chi connectivity index (χ4n) is 4.29. The SMILES string of the molecule is O=C1CCCC[C@H]1[C@@H]1COCCN1C(=O)c1cc2n(n1)CCCC2. The Hall–Kier alpha value is -1.69. The van der Waals surface area contributed by atoms with Gasteiger partial charge in [0.15, 0.2) is 5.69 Å². The number of ether oxygens (including phenoxy) is 1. The molecule has 1 aromatic heterocycles. The minimum atomic E-state index is -0.127. The van der Waals surface area contributed by atoms with Gasteiger partial charge in [-0.25, -0.2) is 0 Å². The molecule has 2 aliphatic heterocycles. The molecule has 1 aromatic rings. The van der Waals surface area contributed by atoms with E-state index in [0.717, 1.165) is 50.8 Å². The van der Waals surface area contributed by atoms with Crippen molar-refractivity contribution in [2.45, 2.75) is 57.5 Å². The van der Waals surface area contributed by atoms with Crippen LogP contribution in [0.15, 0.2) is 6.07 Å². The van der Waals surface area contributed by atoms with Gasteiger partial charge in [-0.2, -0.15) is 5.10 Å². The molecule has 3 heterocycles. The summed E-state index contributed by atoms with van der Waals surface area (Å²) < 4.78 is 7.58. The van der Waals surface area contributed by atoms with Crippen LogP contribution in [-0.4, -0.2) is 52.2 Å². The summed E-state index contributed by atoms with van der Waals surface area (Å²) in [6.07, 6.45) is 6.83. The molecule has 24 heavy (non-hydrogen) atoms. The Labute approximate surface area is 142 Å². The Balaban J connectivity index is 1.56. The van der Waals surface area contributed by atoms with Gasteiger partial charge in [0, 0.05) is 31.1 Å². The predicted molar refractivity (Wildman–Crippen MR) is 87.8 cm³/mol. The highest BCUT2D eigenvalue weighted by molar-refractivity contribution is 5.93. The van der Waals surface area contributed by atoms with Crippen molar-refractivity contribution in [3.63, 3.8) is 0 Å². The highest BCUT2D eigenvalue weighted by Gasteiger charge is 2.39. The maximum Gasteiger partial charge on any atom is 0.274 e. The summed E-state index contributed by atoms with van der Waals surface area (Å²) in [6.45, 7) is 2.46. The summed E-state index contributed by atoms with van der Waals surface area (Å²) in [6, 6.07) is 1.81. The van der Waals surface area contributed by atoms with E-state index < -0.39 is 0 Å². The second-order valence-corrected chi connectivity index (χ2v) is 7.16. The number of aryl methyl sites for hydroxylation is 2. The molecule has 6 heteroatoms. The van der Waals surface area contributed by atoms with Gasteiger partial charge in [0.2, 0.25) is 0 Å². The lowest BCUT2D eigenvalue weighted by atomic mass is 9.82. The Bertz CT molecular complexity index is 616. The number of hydrogen-bond acceptors (Lipinski definition) is 4. The maximum atomic E-state index is 13.1. The number of ketones is 1. The van der Waals surface area contributed by atoms with Crippen LogP contribution in [0.1, 0.15) is 54.7 Å². The van der Waals surface area contributed by atoms with Crippen LogP contribution < -0.4 is 0 Å². The third-order valence-electron chi connectivity index (χ3n) is 5.63. The van der Waals surface area contributed by atoms with Gasteiger partial charge in [-0.3, -0.25) is 14.3 Å². The smallest absolute Gasteiger partial charge is 0.274 e. The first-order valence-electron chi connectivity index (χ1n) is 9.22. The van der Waals surface area contributed by atoms with Crippen LogP contribution in [0.2, 0.25) is 0 Å². The lowest BCUT2D eigenvalue weighted by Gasteiger charge is -2.40. The van der Waals surface area contributed by atoms with E-state index in [9.17, 15) is 9.59 Å². The Morgan fingerprint density at radius 1 is 1.17 bits per heavy atom. The number of amides is 1. The zero-order chi connectivity index (χ0) is 16.5. The molecule has 2 atom stereocenters. The van der Waals surface area contributed by atoms with Gasteiger partial charge in [0.25, 0.3) is 5.91 Å². The van der Waals surface area contributed by atoms with E-state index in [0.29, 0.717) is 37.7 Å². The largest absolute Gasteiger partial charge is 0.377 e. The molecule has 0 unspecified atom stereocenters. The third-order valence-corrected chi connectivity index (χ3v) is 5.63. The molecule has 2 fully saturated rings. The van der Waals surface area contributed by atoms with Crippen molar-refractivity contribution in [3.05, 3.63) is 17.5 Å². The third kappa shape index (κ3) is 2.88. The van der Waals surface area contributed by atoms with E-state index in [1.807, 2.05) is 15.6 Å². The number of aromatic nitrogens is 2. The van der Waals surface area contributed by atoms with Gasteiger partial charge in [0.05, 0.1) is 19.3 Å². The molecule has 1 saturated heterocycles. The molecule has 1 aliphatic carbocycles. The van der Waals surface area contributed by atoms with Crippen LogP contribution in [0.25, 0.3) is 0 Å². The average Bonchev–Trinajstić information content (AvgIpc) is 3.06. The molecular formula is C18H25N3O3.